The maximum atomic E-state index is 6.78. The first kappa shape index (κ1) is 28.6. The first-order valence-corrected chi connectivity index (χ1v) is 16.5. The summed E-state index contributed by atoms with van der Waals surface area (Å²) in [5, 5.41) is 2.05. The van der Waals surface area contributed by atoms with Gasteiger partial charge in [0.1, 0.15) is 11.5 Å². The molecule has 0 aliphatic carbocycles. The van der Waals surface area contributed by atoms with Crippen molar-refractivity contribution in [3.05, 3.63) is 188 Å². The largest absolute Gasteiger partial charge is 0.453 e. The third kappa shape index (κ3) is 5.18. The highest BCUT2D eigenvalue weighted by molar-refractivity contribution is 5.98. The van der Waals surface area contributed by atoms with Gasteiger partial charge in [-0.25, -0.2) is 0 Å². The first-order valence-electron chi connectivity index (χ1n) is 16.5. The number of para-hydroxylation sites is 3. The van der Waals surface area contributed by atoms with Crippen LogP contribution in [0.25, 0.3) is 44.2 Å². The molecule has 1 heterocycles. The van der Waals surface area contributed by atoms with E-state index in [1.807, 2.05) is 36.4 Å². The number of nitrogens with zero attached hydrogens (tertiary/aromatic N) is 1. The Kier molecular flexibility index (Phi) is 7.14. The van der Waals surface area contributed by atoms with E-state index in [1.165, 1.54) is 11.1 Å². The standard InChI is InChI=1S/C46H31NO2/c1-3-14-32(15-4-1)33-28-30-36(31-29-33)47(35-18-5-2-6-19-35)41-24-10-9-22-39(41)37-20-7-8-21-38(37)40-23-13-27-44-46(40)49-43-26-12-17-34-16-11-25-42(48-44)45(34)43/h1-31H. The van der Waals surface area contributed by atoms with Crippen LogP contribution in [-0.4, -0.2) is 0 Å². The Morgan fingerprint density at radius 1 is 0.327 bits per heavy atom. The van der Waals surface area contributed by atoms with Gasteiger partial charge in [0.15, 0.2) is 11.5 Å². The zero-order chi connectivity index (χ0) is 32.6. The van der Waals surface area contributed by atoms with E-state index < -0.39 is 0 Å². The summed E-state index contributed by atoms with van der Waals surface area (Å²) in [4.78, 5) is 2.34. The number of anilines is 3. The van der Waals surface area contributed by atoms with Crippen LogP contribution in [0.15, 0.2) is 188 Å². The number of hydrogen-bond acceptors (Lipinski definition) is 3. The third-order valence-electron chi connectivity index (χ3n) is 9.14. The van der Waals surface area contributed by atoms with Gasteiger partial charge in [-0.1, -0.05) is 140 Å². The highest BCUT2D eigenvalue weighted by Gasteiger charge is 2.24. The molecule has 0 aromatic heterocycles. The molecule has 0 radical (unpaired) electrons. The van der Waals surface area contributed by atoms with Gasteiger partial charge in [-0.2, -0.15) is 0 Å². The second kappa shape index (κ2) is 12.2. The van der Waals surface area contributed by atoms with Gasteiger partial charge in [-0.3, -0.25) is 0 Å². The van der Waals surface area contributed by atoms with Crippen molar-refractivity contribution in [3.63, 3.8) is 0 Å². The maximum Gasteiger partial charge on any atom is 0.177 e. The molecule has 3 nitrogen and oxygen atoms in total. The molecule has 232 valence electrons. The molecule has 0 saturated heterocycles. The van der Waals surface area contributed by atoms with Gasteiger partial charge >= 0.3 is 0 Å². The molecule has 0 amide bonds. The summed E-state index contributed by atoms with van der Waals surface area (Å²) < 4.78 is 13.3. The Morgan fingerprint density at radius 2 is 0.837 bits per heavy atom. The van der Waals surface area contributed by atoms with E-state index in [0.717, 1.165) is 61.6 Å². The van der Waals surface area contributed by atoms with E-state index in [0.29, 0.717) is 11.5 Å². The average molecular weight is 630 g/mol. The van der Waals surface area contributed by atoms with E-state index in [4.69, 9.17) is 9.47 Å². The van der Waals surface area contributed by atoms with Crippen LogP contribution in [-0.2, 0) is 0 Å². The molecule has 9 rings (SSSR count). The number of rotatable bonds is 6. The molecule has 0 fully saturated rings. The lowest BCUT2D eigenvalue weighted by molar-refractivity contribution is 0.441. The molecule has 0 N–H and O–H groups in total. The van der Waals surface area contributed by atoms with Crippen molar-refractivity contribution in [2.75, 3.05) is 4.90 Å². The molecule has 0 unspecified atom stereocenters. The van der Waals surface area contributed by atoms with Gasteiger partial charge < -0.3 is 14.4 Å². The summed E-state index contributed by atoms with van der Waals surface area (Å²) in [7, 11) is 0. The van der Waals surface area contributed by atoms with Gasteiger partial charge in [-0.05, 0) is 76.2 Å². The van der Waals surface area contributed by atoms with E-state index >= 15 is 0 Å². The Hall–Kier alpha value is -6.58. The molecule has 0 saturated carbocycles. The number of ether oxygens (including phenoxy) is 2. The van der Waals surface area contributed by atoms with Gasteiger partial charge in [0.05, 0.1) is 11.1 Å². The summed E-state index contributed by atoms with van der Waals surface area (Å²) in [6.45, 7) is 0. The van der Waals surface area contributed by atoms with E-state index in [-0.39, 0.29) is 0 Å². The molecule has 0 atom stereocenters. The van der Waals surface area contributed by atoms with Crippen molar-refractivity contribution in [2.45, 2.75) is 0 Å². The second-order valence-corrected chi connectivity index (χ2v) is 12.1. The van der Waals surface area contributed by atoms with E-state index in [2.05, 4.69) is 157 Å². The van der Waals surface area contributed by atoms with Gasteiger partial charge in [0.25, 0.3) is 0 Å². The molecule has 0 spiro atoms. The monoisotopic (exact) mass is 629 g/mol. The van der Waals surface area contributed by atoms with Crippen LogP contribution < -0.4 is 14.4 Å². The van der Waals surface area contributed by atoms with Gasteiger partial charge in [-0.15, -0.1) is 0 Å². The summed E-state index contributed by atoms with van der Waals surface area (Å²) in [5.74, 6) is 2.96. The minimum Gasteiger partial charge on any atom is -0.453 e. The summed E-state index contributed by atoms with van der Waals surface area (Å²) in [6, 6.07) is 65.5. The van der Waals surface area contributed by atoms with Crippen LogP contribution in [0.5, 0.6) is 23.0 Å². The normalized spacial score (nSPS) is 11.6. The van der Waals surface area contributed by atoms with Crippen LogP contribution in [0.1, 0.15) is 0 Å². The molecule has 1 aliphatic heterocycles. The Bertz CT molecular complexity index is 2430. The van der Waals surface area contributed by atoms with Crippen molar-refractivity contribution >= 4 is 27.8 Å². The minimum absolute atomic E-state index is 0.689. The molecule has 3 heteroatoms. The highest BCUT2D eigenvalue weighted by atomic mass is 16.5. The van der Waals surface area contributed by atoms with Crippen molar-refractivity contribution in [1.29, 1.82) is 0 Å². The summed E-state index contributed by atoms with van der Waals surface area (Å²) >= 11 is 0. The molecule has 8 aromatic rings. The topological polar surface area (TPSA) is 21.7 Å². The smallest absolute Gasteiger partial charge is 0.177 e. The number of benzene rings is 8. The molecule has 0 bridgehead atoms. The Labute approximate surface area is 285 Å². The maximum absolute atomic E-state index is 6.78. The lowest BCUT2D eigenvalue weighted by atomic mass is 9.92. The molecule has 49 heavy (non-hydrogen) atoms. The van der Waals surface area contributed by atoms with Crippen LogP contribution >= 0.6 is 0 Å². The summed E-state index contributed by atoms with van der Waals surface area (Å²) in [6.07, 6.45) is 0. The van der Waals surface area contributed by atoms with Gasteiger partial charge in [0, 0.05) is 22.5 Å². The van der Waals surface area contributed by atoms with Crippen molar-refractivity contribution < 1.29 is 9.47 Å². The summed E-state index contributed by atoms with van der Waals surface area (Å²) in [5.41, 5.74) is 9.83. The molecule has 8 aromatic carbocycles. The van der Waals surface area contributed by atoms with Crippen LogP contribution in [0.4, 0.5) is 17.1 Å². The number of hydrogen-bond donors (Lipinski definition) is 0. The van der Waals surface area contributed by atoms with Crippen molar-refractivity contribution in [1.82, 2.24) is 0 Å². The lowest BCUT2D eigenvalue weighted by Gasteiger charge is -2.28. The lowest BCUT2D eigenvalue weighted by Crippen LogP contribution is -2.11. The van der Waals surface area contributed by atoms with Crippen molar-refractivity contribution in [3.8, 4) is 56.4 Å². The predicted octanol–water partition coefficient (Wildman–Crippen LogP) is 13.2. The fraction of sp³-hybridized carbons (Fsp3) is 0. The second-order valence-electron chi connectivity index (χ2n) is 12.1. The molecular weight excluding hydrogens is 599 g/mol. The zero-order valence-electron chi connectivity index (χ0n) is 26.7. The Morgan fingerprint density at radius 3 is 1.57 bits per heavy atom. The average Bonchev–Trinajstić information content (AvgIpc) is 3.34. The quantitative estimate of drug-likeness (QED) is 0.183. The highest BCUT2D eigenvalue weighted by Crippen LogP contribution is 2.51. The SMILES string of the molecule is c1ccc(-c2ccc(N(c3ccccc3)c3ccccc3-c3ccccc3-c3cccc4c3Oc3cccc5cccc(c35)O4)cc2)cc1. The van der Waals surface area contributed by atoms with E-state index in [9.17, 15) is 0 Å². The zero-order valence-corrected chi connectivity index (χ0v) is 26.7. The number of fused-ring (bicyclic) bond motifs is 1. The first-order chi connectivity index (χ1) is 24.3. The fourth-order valence-electron chi connectivity index (χ4n) is 6.87. The minimum atomic E-state index is 0.689. The molecule has 1 aliphatic rings. The third-order valence-corrected chi connectivity index (χ3v) is 9.14. The molecular formula is C46H31NO2. The van der Waals surface area contributed by atoms with Gasteiger partial charge in [0.2, 0.25) is 0 Å². The van der Waals surface area contributed by atoms with Crippen LogP contribution in [0, 0.1) is 0 Å². The van der Waals surface area contributed by atoms with E-state index in [1.54, 1.807) is 0 Å². The Balaban J connectivity index is 1.19. The van der Waals surface area contributed by atoms with Crippen LogP contribution in [0.3, 0.4) is 0 Å². The van der Waals surface area contributed by atoms with Crippen LogP contribution in [0.2, 0.25) is 0 Å². The predicted molar refractivity (Wildman–Crippen MR) is 202 cm³/mol. The fourth-order valence-corrected chi connectivity index (χ4v) is 6.87. The van der Waals surface area contributed by atoms with Crippen molar-refractivity contribution in [2.24, 2.45) is 0 Å².